The van der Waals surface area contributed by atoms with Crippen LogP contribution in [-0.4, -0.2) is 48.6 Å². The minimum Gasteiger partial charge on any atom is -0.335 e. The number of halogens is 1. The van der Waals surface area contributed by atoms with E-state index >= 15 is 0 Å². The Morgan fingerprint density at radius 2 is 1.95 bits per heavy atom. The molecule has 2 aliphatic rings. The highest BCUT2D eigenvalue weighted by Crippen LogP contribution is 2.34. The van der Waals surface area contributed by atoms with Crippen LogP contribution >= 0.6 is 23.4 Å². The summed E-state index contributed by atoms with van der Waals surface area (Å²) in [6.45, 7) is 0. The van der Waals surface area contributed by atoms with Crippen LogP contribution in [-0.2, 0) is 14.6 Å². The third-order valence-corrected chi connectivity index (χ3v) is 7.27. The van der Waals surface area contributed by atoms with Crippen molar-refractivity contribution in [1.82, 2.24) is 4.90 Å². The van der Waals surface area contributed by atoms with E-state index in [1.54, 1.807) is 6.07 Å². The summed E-state index contributed by atoms with van der Waals surface area (Å²) < 4.78 is 23.3. The van der Waals surface area contributed by atoms with Crippen molar-refractivity contribution in [2.75, 3.05) is 17.3 Å². The topological polar surface area (TPSA) is 54.5 Å². The number of hydrogen-bond acceptors (Lipinski definition) is 4. The fourth-order valence-electron chi connectivity index (χ4n) is 2.83. The molecule has 1 aromatic rings. The predicted molar refractivity (Wildman–Crippen MR) is 89.1 cm³/mol. The van der Waals surface area contributed by atoms with Crippen LogP contribution in [0.5, 0.6) is 0 Å². The van der Waals surface area contributed by atoms with Gasteiger partial charge in [-0.3, -0.25) is 4.79 Å². The van der Waals surface area contributed by atoms with Gasteiger partial charge in [-0.2, -0.15) is 0 Å². The van der Waals surface area contributed by atoms with E-state index in [1.807, 2.05) is 23.1 Å². The quantitative estimate of drug-likeness (QED) is 0.758. The SMILES string of the molecule is O=C(CSc1ccccc1Cl)N(C1CC1)C1CCS(=O)(=O)C1. The average molecular weight is 360 g/mol. The fourth-order valence-corrected chi connectivity index (χ4v) is 5.65. The van der Waals surface area contributed by atoms with Gasteiger partial charge >= 0.3 is 0 Å². The maximum absolute atomic E-state index is 12.6. The van der Waals surface area contributed by atoms with Crippen LogP contribution in [0.15, 0.2) is 29.2 Å². The summed E-state index contributed by atoms with van der Waals surface area (Å²) in [5.41, 5.74) is 0. The molecule has 1 saturated carbocycles. The number of carbonyl (C=O) groups is 1. The normalized spacial score (nSPS) is 23.4. The number of benzene rings is 1. The number of thioether (sulfide) groups is 1. The molecule has 0 aromatic heterocycles. The molecule has 7 heteroatoms. The van der Waals surface area contributed by atoms with Gasteiger partial charge in [0.25, 0.3) is 0 Å². The Morgan fingerprint density at radius 1 is 1.23 bits per heavy atom. The number of amides is 1. The van der Waals surface area contributed by atoms with Gasteiger partial charge in [-0.25, -0.2) is 8.42 Å². The van der Waals surface area contributed by atoms with E-state index in [4.69, 9.17) is 11.6 Å². The molecule has 1 aliphatic carbocycles. The Hall–Kier alpha value is -0.720. The maximum Gasteiger partial charge on any atom is 0.233 e. The highest BCUT2D eigenvalue weighted by Gasteiger charge is 2.41. The van der Waals surface area contributed by atoms with Gasteiger partial charge in [0, 0.05) is 17.0 Å². The van der Waals surface area contributed by atoms with Crippen molar-refractivity contribution >= 4 is 39.1 Å². The number of rotatable bonds is 5. The van der Waals surface area contributed by atoms with Crippen molar-refractivity contribution in [3.8, 4) is 0 Å². The molecule has 0 N–H and O–H groups in total. The van der Waals surface area contributed by atoms with Gasteiger partial charge in [0.15, 0.2) is 9.84 Å². The van der Waals surface area contributed by atoms with Crippen LogP contribution in [0.1, 0.15) is 19.3 Å². The number of sulfone groups is 1. The maximum atomic E-state index is 12.6. The van der Waals surface area contributed by atoms with Crippen molar-refractivity contribution in [3.63, 3.8) is 0 Å². The first-order valence-electron chi connectivity index (χ1n) is 7.35. The van der Waals surface area contributed by atoms with E-state index < -0.39 is 9.84 Å². The minimum absolute atomic E-state index is 0.0227. The zero-order valence-corrected chi connectivity index (χ0v) is 14.5. The molecular weight excluding hydrogens is 342 g/mol. The van der Waals surface area contributed by atoms with Crippen molar-refractivity contribution in [2.45, 2.75) is 36.2 Å². The molecule has 1 atom stereocenters. The molecule has 1 heterocycles. The van der Waals surface area contributed by atoms with Crippen LogP contribution in [0.2, 0.25) is 5.02 Å². The van der Waals surface area contributed by atoms with Crippen LogP contribution in [0.3, 0.4) is 0 Å². The second kappa shape index (κ2) is 6.42. The van der Waals surface area contributed by atoms with Crippen molar-refractivity contribution in [2.24, 2.45) is 0 Å². The molecule has 2 fully saturated rings. The molecule has 0 bridgehead atoms. The second-order valence-corrected chi connectivity index (χ2v) is 9.46. The lowest BCUT2D eigenvalue weighted by Crippen LogP contribution is -2.43. The van der Waals surface area contributed by atoms with Gasteiger partial charge in [-0.05, 0) is 31.4 Å². The van der Waals surface area contributed by atoms with Crippen LogP contribution in [0.25, 0.3) is 0 Å². The van der Waals surface area contributed by atoms with E-state index in [2.05, 4.69) is 0 Å². The largest absolute Gasteiger partial charge is 0.335 e. The van der Waals surface area contributed by atoms with Gasteiger partial charge in [0.1, 0.15) is 0 Å². The summed E-state index contributed by atoms with van der Waals surface area (Å²) in [5, 5.41) is 0.640. The first kappa shape index (κ1) is 16.1. The first-order chi connectivity index (χ1) is 10.5. The third-order valence-electron chi connectivity index (χ3n) is 4.02. The number of nitrogens with zero attached hydrogens (tertiary/aromatic N) is 1. The number of hydrogen-bond donors (Lipinski definition) is 0. The van der Waals surface area contributed by atoms with Crippen LogP contribution < -0.4 is 0 Å². The monoisotopic (exact) mass is 359 g/mol. The van der Waals surface area contributed by atoms with Gasteiger partial charge in [-0.1, -0.05) is 23.7 Å². The molecular formula is C15H18ClNO3S2. The Bertz CT molecular complexity index is 673. The molecule has 1 unspecified atom stereocenters. The van der Waals surface area contributed by atoms with E-state index in [-0.39, 0.29) is 29.5 Å². The lowest BCUT2D eigenvalue weighted by molar-refractivity contribution is -0.130. The van der Waals surface area contributed by atoms with E-state index in [9.17, 15) is 13.2 Å². The average Bonchev–Trinajstić information content (AvgIpc) is 3.22. The zero-order valence-electron chi connectivity index (χ0n) is 12.1. The van der Waals surface area contributed by atoms with Gasteiger partial charge in [0.2, 0.25) is 5.91 Å². The van der Waals surface area contributed by atoms with Gasteiger partial charge < -0.3 is 4.90 Å². The molecule has 0 spiro atoms. The Labute approximate surface area is 140 Å². The van der Waals surface area contributed by atoms with E-state index in [0.717, 1.165) is 17.7 Å². The molecule has 0 radical (unpaired) electrons. The molecule has 4 nitrogen and oxygen atoms in total. The first-order valence-corrected chi connectivity index (χ1v) is 10.5. The number of carbonyl (C=O) groups excluding carboxylic acids is 1. The highest BCUT2D eigenvalue weighted by molar-refractivity contribution is 8.00. The minimum atomic E-state index is -2.98. The lowest BCUT2D eigenvalue weighted by Gasteiger charge is -2.28. The van der Waals surface area contributed by atoms with Crippen LogP contribution in [0, 0.1) is 0 Å². The highest BCUT2D eigenvalue weighted by atomic mass is 35.5. The smallest absolute Gasteiger partial charge is 0.233 e. The fraction of sp³-hybridized carbons (Fsp3) is 0.533. The van der Waals surface area contributed by atoms with Crippen molar-refractivity contribution in [3.05, 3.63) is 29.3 Å². The second-order valence-electron chi connectivity index (χ2n) is 5.81. The van der Waals surface area contributed by atoms with E-state index in [1.165, 1.54) is 11.8 Å². The molecule has 3 rings (SSSR count). The lowest BCUT2D eigenvalue weighted by atomic mass is 10.2. The molecule has 1 aromatic carbocycles. The van der Waals surface area contributed by atoms with E-state index in [0.29, 0.717) is 17.2 Å². The van der Waals surface area contributed by atoms with Gasteiger partial charge in [0.05, 0.1) is 22.3 Å². The summed E-state index contributed by atoms with van der Waals surface area (Å²) >= 11 is 7.52. The Kier molecular flexibility index (Phi) is 4.71. The summed E-state index contributed by atoms with van der Waals surface area (Å²) in [7, 11) is -2.98. The van der Waals surface area contributed by atoms with Crippen molar-refractivity contribution in [1.29, 1.82) is 0 Å². The molecule has 120 valence electrons. The third kappa shape index (κ3) is 3.78. The Morgan fingerprint density at radius 3 is 2.55 bits per heavy atom. The summed E-state index contributed by atoms with van der Waals surface area (Å²) in [4.78, 5) is 15.3. The summed E-state index contributed by atoms with van der Waals surface area (Å²) in [6.07, 6.45) is 2.54. The summed E-state index contributed by atoms with van der Waals surface area (Å²) in [5.74, 6) is 0.642. The molecule has 1 saturated heterocycles. The summed E-state index contributed by atoms with van der Waals surface area (Å²) in [6, 6.07) is 7.53. The van der Waals surface area contributed by atoms with Crippen molar-refractivity contribution < 1.29 is 13.2 Å². The Balaban J connectivity index is 1.65. The zero-order chi connectivity index (χ0) is 15.7. The van der Waals surface area contributed by atoms with Crippen LogP contribution in [0.4, 0.5) is 0 Å². The molecule has 22 heavy (non-hydrogen) atoms. The predicted octanol–water partition coefficient (Wildman–Crippen LogP) is 2.61. The molecule has 1 aliphatic heterocycles. The van der Waals surface area contributed by atoms with Gasteiger partial charge in [-0.15, -0.1) is 11.8 Å². The molecule has 1 amide bonds. The standard InChI is InChI=1S/C15H18ClNO3S2/c16-13-3-1-2-4-14(13)21-9-15(18)17(11-5-6-11)12-7-8-22(19,20)10-12/h1-4,11-12H,5-10H2.